The molecule has 14 heavy (non-hydrogen) atoms. The molecule has 2 unspecified atom stereocenters. The molecule has 0 spiro atoms. The van der Waals surface area contributed by atoms with Gasteiger partial charge in [0.25, 0.3) is 0 Å². The van der Waals surface area contributed by atoms with E-state index in [1.807, 2.05) is 13.8 Å². The Morgan fingerprint density at radius 1 is 1.64 bits per heavy atom. The number of halogens is 1. The fourth-order valence-electron chi connectivity index (χ4n) is 1.60. The molecule has 1 aliphatic rings. The van der Waals surface area contributed by atoms with Gasteiger partial charge < -0.3 is 4.74 Å². The van der Waals surface area contributed by atoms with Crippen molar-refractivity contribution in [3.63, 3.8) is 0 Å². The molecule has 1 aliphatic carbocycles. The van der Waals surface area contributed by atoms with Gasteiger partial charge in [0.15, 0.2) is 0 Å². The van der Waals surface area contributed by atoms with E-state index in [1.54, 1.807) is 6.92 Å². The Bertz CT molecular complexity index is 263. The minimum Gasteiger partial charge on any atom is -0.329 e. The highest BCUT2D eigenvalue weighted by Crippen LogP contribution is 2.35. The van der Waals surface area contributed by atoms with Gasteiger partial charge in [-0.05, 0) is 25.8 Å². The van der Waals surface area contributed by atoms with E-state index < -0.39 is 7.80 Å². The molecular weight excluding hydrogens is 202 g/mol. The molecule has 0 bridgehead atoms. The molecule has 0 saturated carbocycles. The Kier molecular flexibility index (Phi) is 4.21. The average molecular weight is 219 g/mol. The zero-order chi connectivity index (χ0) is 10.7. The van der Waals surface area contributed by atoms with E-state index in [1.165, 1.54) is 0 Å². The minimum absolute atomic E-state index is 0.0421. The summed E-state index contributed by atoms with van der Waals surface area (Å²) in [5.74, 6) is -0.0961. The minimum atomic E-state index is -1.26. The number of rotatable bonds is 4. The second-order valence-electron chi connectivity index (χ2n) is 3.75. The van der Waals surface area contributed by atoms with Crippen LogP contribution in [0.15, 0.2) is 11.4 Å². The first-order chi connectivity index (χ1) is 6.56. The Morgan fingerprint density at radius 3 is 2.71 bits per heavy atom. The molecule has 0 fully saturated rings. The van der Waals surface area contributed by atoms with Crippen LogP contribution in [0.3, 0.4) is 0 Å². The van der Waals surface area contributed by atoms with E-state index in [9.17, 15) is 8.96 Å². The molecule has 1 rings (SSSR count). The molecule has 0 amide bonds. The Labute approximate surface area is 85.3 Å². The van der Waals surface area contributed by atoms with E-state index in [4.69, 9.17) is 4.74 Å². The highest BCUT2D eigenvalue weighted by atomic mass is 31.1. The monoisotopic (exact) mass is 219 g/mol. The van der Waals surface area contributed by atoms with E-state index >= 15 is 0 Å². The van der Waals surface area contributed by atoms with Crippen molar-refractivity contribution in [1.82, 2.24) is 0 Å². The SMILES string of the molecule is CC[P+](=O)CO[C@H]1CC(C)C(F)=C1C. The summed E-state index contributed by atoms with van der Waals surface area (Å²) in [5, 5.41) is 0. The van der Waals surface area contributed by atoms with Gasteiger partial charge >= 0.3 is 7.80 Å². The summed E-state index contributed by atoms with van der Waals surface area (Å²) in [6.45, 7) is 5.47. The van der Waals surface area contributed by atoms with Crippen molar-refractivity contribution in [2.75, 3.05) is 12.5 Å². The van der Waals surface area contributed by atoms with Crippen LogP contribution in [-0.4, -0.2) is 18.6 Å². The molecule has 80 valence electrons. The molecule has 0 saturated heterocycles. The topological polar surface area (TPSA) is 26.3 Å². The van der Waals surface area contributed by atoms with Crippen molar-refractivity contribution < 1.29 is 13.7 Å². The van der Waals surface area contributed by atoms with E-state index in [0.717, 1.165) is 0 Å². The van der Waals surface area contributed by atoms with Gasteiger partial charge in [0.05, 0.1) is 6.10 Å². The number of hydrogen-bond acceptors (Lipinski definition) is 2. The highest BCUT2D eigenvalue weighted by molar-refractivity contribution is 7.44. The number of hydrogen-bond donors (Lipinski definition) is 0. The van der Waals surface area contributed by atoms with Crippen LogP contribution >= 0.6 is 7.80 Å². The lowest BCUT2D eigenvalue weighted by molar-refractivity contribution is 0.109. The van der Waals surface area contributed by atoms with Crippen molar-refractivity contribution in [2.24, 2.45) is 5.92 Å². The van der Waals surface area contributed by atoms with Crippen molar-refractivity contribution in [3.8, 4) is 0 Å². The first kappa shape index (κ1) is 11.8. The molecule has 0 radical (unpaired) electrons. The first-order valence-electron chi connectivity index (χ1n) is 4.96. The van der Waals surface area contributed by atoms with Gasteiger partial charge in [-0.15, -0.1) is 0 Å². The van der Waals surface area contributed by atoms with Gasteiger partial charge in [0.1, 0.15) is 12.0 Å². The normalized spacial score (nSPS) is 28.4. The van der Waals surface area contributed by atoms with Crippen LogP contribution in [-0.2, 0) is 9.30 Å². The van der Waals surface area contributed by atoms with Gasteiger partial charge in [-0.2, -0.15) is 0 Å². The predicted molar refractivity (Wildman–Crippen MR) is 55.5 cm³/mol. The second kappa shape index (κ2) is 4.99. The Morgan fingerprint density at radius 2 is 2.29 bits per heavy atom. The number of ether oxygens (including phenoxy) is 1. The summed E-state index contributed by atoms with van der Waals surface area (Å²) in [6, 6.07) is 0. The fraction of sp³-hybridized carbons (Fsp3) is 0.800. The summed E-state index contributed by atoms with van der Waals surface area (Å²) >= 11 is 0. The van der Waals surface area contributed by atoms with Crippen LogP contribution < -0.4 is 0 Å². The molecule has 0 aromatic heterocycles. The van der Waals surface area contributed by atoms with Gasteiger partial charge in [-0.3, -0.25) is 0 Å². The summed E-state index contributed by atoms with van der Waals surface area (Å²) in [7, 11) is -1.26. The van der Waals surface area contributed by atoms with Crippen molar-refractivity contribution >= 4 is 7.80 Å². The maximum atomic E-state index is 13.3. The third-order valence-electron chi connectivity index (χ3n) is 2.63. The largest absolute Gasteiger partial charge is 0.366 e. The maximum Gasteiger partial charge on any atom is 0.366 e. The average Bonchev–Trinajstić information content (AvgIpc) is 2.42. The summed E-state index contributed by atoms with van der Waals surface area (Å²) in [4.78, 5) is 0. The third-order valence-corrected chi connectivity index (χ3v) is 3.77. The summed E-state index contributed by atoms with van der Waals surface area (Å²) in [5.41, 5.74) is 0.678. The molecule has 4 heteroatoms. The maximum absolute atomic E-state index is 13.3. The Hall–Kier alpha value is -0.270. The summed E-state index contributed by atoms with van der Waals surface area (Å²) in [6.07, 6.45) is 1.41. The first-order valence-corrected chi connectivity index (χ1v) is 6.59. The van der Waals surface area contributed by atoms with Crippen molar-refractivity contribution in [2.45, 2.75) is 33.3 Å². The molecule has 0 N–H and O–H groups in total. The van der Waals surface area contributed by atoms with Gasteiger partial charge in [-0.25, -0.2) is 4.39 Å². The Balaban J connectivity index is 2.45. The fourth-order valence-corrected chi connectivity index (χ4v) is 2.13. The molecule has 0 aromatic rings. The lowest BCUT2D eigenvalue weighted by Crippen LogP contribution is -2.11. The van der Waals surface area contributed by atoms with Crippen LogP contribution in [0.1, 0.15) is 27.2 Å². The zero-order valence-electron chi connectivity index (χ0n) is 8.92. The smallest absolute Gasteiger partial charge is 0.329 e. The van der Waals surface area contributed by atoms with Crippen LogP contribution in [0.5, 0.6) is 0 Å². The highest BCUT2D eigenvalue weighted by Gasteiger charge is 2.31. The lowest BCUT2D eigenvalue weighted by Gasteiger charge is -2.09. The quantitative estimate of drug-likeness (QED) is 0.677. The second-order valence-corrected chi connectivity index (χ2v) is 5.60. The van der Waals surface area contributed by atoms with Crippen LogP contribution in [0.4, 0.5) is 4.39 Å². The molecule has 0 aromatic carbocycles. The van der Waals surface area contributed by atoms with E-state index in [-0.39, 0.29) is 24.2 Å². The molecule has 0 aliphatic heterocycles. The van der Waals surface area contributed by atoms with Gasteiger partial charge in [0, 0.05) is 5.92 Å². The van der Waals surface area contributed by atoms with E-state index in [0.29, 0.717) is 18.2 Å². The van der Waals surface area contributed by atoms with Crippen LogP contribution in [0.25, 0.3) is 0 Å². The van der Waals surface area contributed by atoms with Crippen LogP contribution in [0.2, 0.25) is 0 Å². The molecule has 0 heterocycles. The van der Waals surface area contributed by atoms with E-state index in [2.05, 4.69) is 0 Å². The third kappa shape index (κ3) is 2.61. The van der Waals surface area contributed by atoms with Crippen molar-refractivity contribution in [1.29, 1.82) is 0 Å². The number of allylic oxidation sites excluding steroid dienone is 1. The van der Waals surface area contributed by atoms with Gasteiger partial charge in [-0.1, -0.05) is 11.5 Å². The van der Waals surface area contributed by atoms with Crippen molar-refractivity contribution in [3.05, 3.63) is 11.4 Å². The van der Waals surface area contributed by atoms with Gasteiger partial charge in [0.2, 0.25) is 6.35 Å². The molecular formula is C10H17FO2P+. The standard InChI is InChI=1S/C10H17FO2P/c1-4-14(12)6-13-9-5-7(2)10(11)8(9)3/h7,9H,4-6H2,1-3H3/q+1/t7?,9-/m0/s1. The predicted octanol–water partition coefficient (Wildman–Crippen LogP) is 3.46. The zero-order valence-corrected chi connectivity index (χ0v) is 9.81. The molecule has 3 atom stereocenters. The lowest BCUT2D eigenvalue weighted by atomic mass is 10.1. The summed E-state index contributed by atoms with van der Waals surface area (Å²) < 4.78 is 29.9. The molecule has 2 nitrogen and oxygen atoms in total. The van der Waals surface area contributed by atoms with Crippen LogP contribution in [0, 0.1) is 5.92 Å².